The van der Waals surface area contributed by atoms with Crippen molar-refractivity contribution in [1.29, 1.82) is 0 Å². The van der Waals surface area contributed by atoms with Gasteiger partial charge in [0.05, 0.1) is 5.69 Å². The van der Waals surface area contributed by atoms with Crippen molar-refractivity contribution < 1.29 is 9.53 Å². The van der Waals surface area contributed by atoms with Crippen LogP contribution in [-0.2, 0) is 4.74 Å². The Kier molecular flexibility index (Phi) is 2.90. The first kappa shape index (κ1) is 10.0. The first-order valence-corrected chi connectivity index (χ1v) is 5.38. The second-order valence-electron chi connectivity index (χ2n) is 3.75. The van der Waals surface area contributed by atoms with Gasteiger partial charge in [0.1, 0.15) is 6.10 Å². The number of rotatable bonds is 3. The Balaban J connectivity index is 2.22. The average Bonchev–Trinajstić information content (AvgIpc) is 2.25. The fourth-order valence-corrected chi connectivity index (χ4v) is 1.83. The number of cyclic esters (lactones) is 1. The van der Waals surface area contributed by atoms with E-state index in [4.69, 9.17) is 4.74 Å². The normalized spacial score (nSPS) is 19.0. The Morgan fingerprint density at radius 3 is 3.00 bits per heavy atom. The SMILES string of the molecule is CCCCC1OC(=O)Nc2ccccc21. The number of amides is 1. The van der Waals surface area contributed by atoms with E-state index in [1.54, 1.807) is 0 Å². The summed E-state index contributed by atoms with van der Waals surface area (Å²) in [5, 5.41) is 2.71. The summed E-state index contributed by atoms with van der Waals surface area (Å²) in [6, 6.07) is 7.81. The monoisotopic (exact) mass is 205 g/mol. The molecule has 1 aromatic rings. The molecule has 1 aliphatic rings. The highest BCUT2D eigenvalue weighted by Gasteiger charge is 2.24. The Hall–Kier alpha value is -1.51. The minimum atomic E-state index is -0.338. The van der Waals surface area contributed by atoms with Gasteiger partial charge in [0.15, 0.2) is 0 Å². The molecule has 1 heterocycles. The Morgan fingerprint density at radius 1 is 1.40 bits per heavy atom. The van der Waals surface area contributed by atoms with Crippen LogP contribution >= 0.6 is 0 Å². The maximum Gasteiger partial charge on any atom is 0.412 e. The fourth-order valence-electron chi connectivity index (χ4n) is 1.83. The quantitative estimate of drug-likeness (QED) is 0.820. The Labute approximate surface area is 89.4 Å². The van der Waals surface area contributed by atoms with E-state index in [-0.39, 0.29) is 12.2 Å². The first-order chi connectivity index (χ1) is 7.31. The third kappa shape index (κ3) is 2.12. The van der Waals surface area contributed by atoms with E-state index >= 15 is 0 Å². The van der Waals surface area contributed by atoms with Crippen LogP contribution in [0.25, 0.3) is 0 Å². The highest BCUT2D eigenvalue weighted by Crippen LogP contribution is 2.33. The molecule has 0 fully saturated rings. The number of hydrogen-bond donors (Lipinski definition) is 1. The van der Waals surface area contributed by atoms with Crippen molar-refractivity contribution >= 4 is 11.8 Å². The summed E-state index contributed by atoms with van der Waals surface area (Å²) in [5.41, 5.74) is 1.97. The topological polar surface area (TPSA) is 38.3 Å². The predicted octanol–water partition coefficient (Wildman–Crippen LogP) is 3.48. The van der Waals surface area contributed by atoms with Gasteiger partial charge < -0.3 is 4.74 Å². The van der Waals surface area contributed by atoms with Crippen LogP contribution in [0.2, 0.25) is 0 Å². The number of para-hydroxylation sites is 1. The van der Waals surface area contributed by atoms with Gasteiger partial charge in [-0.05, 0) is 18.9 Å². The largest absolute Gasteiger partial charge is 0.441 e. The molecule has 0 aliphatic carbocycles. The molecule has 1 N–H and O–H groups in total. The molecule has 15 heavy (non-hydrogen) atoms. The summed E-state index contributed by atoms with van der Waals surface area (Å²) in [4.78, 5) is 11.3. The molecule has 0 spiro atoms. The molecular weight excluding hydrogens is 190 g/mol. The number of benzene rings is 1. The maximum absolute atomic E-state index is 11.3. The van der Waals surface area contributed by atoms with E-state index in [1.165, 1.54) is 0 Å². The average molecular weight is 205 g/mol. The van der Waals surface area contributed by atoms with Crippen molar-refractivity contribution in [3.05, 3.63) is 29.8 Å². The Morgan fingerprint density at radius 2 is 2.20 bits per heavy atom. The van der Waals surface area contributed by atoms with Crippen LogP contribution in [0.3, 0.4) is 0 Å². The number of hydrogen-bond acceptors (Lipinski definition) is 2. The van der Waals surface area contributed by atoms with Gasteiger partial charge >= 0.3 is 6.09 Å². The van der Waals surface area contributed by atoms with E-state index < -0.39 is 0 Å². The van der Waals surface area contributed by atoms with Crippen molar-refractivity contribution in [2.24, 2.45) is 0 Å². The van der Waals surface area contributed by atoms with Crippen LogP contribution in [0.5, 0.6) is 0 Å². The number of fused-ring (bicyclic) bond motifs is 1. The molecule has 80 valence electrons. The number of carbonyl (C=O) groups excluding carboxylic acids is 1. The lowest BCUT2D eigenvalue weighted by Gasteiger charge is -2.25. The van der Waals surface area contributed by atoms with Gasteiger partial charge in [-0.1, -0.05) is 31.5 Å². The smallest absolute Gasteiger partial charge is 0.412 e. The van der Waals surface area contributed by atoms with Crippen LogP contribution in [-0.4, -0.2) is 6.09 Å². The maximum atomic E-state index is 11.3. The van der Waals surface area contributed by atoms with Gasteiger partial charge in [0.2, 0.25) is 0 Å². The molecule has 0 aromatic heterocycles. The minimum Gasteiger partial charge on any atom is -0.441 e. The van der Waals surface area contributed by atoms with Gasteiger partial charge in [0, 0.05) is 5.56 Å². The Bertz CT molecular complexity index is 362. The summed E-state index contributed by atoms with van der Waals surface area (Å²) in [5.74, 6) is 0. The molecule has 3 heteroatoms. The van der Waals surface area contributed by atoms with E-state index in [1.807, 2.05) is 24.3 Å². The van der Waals surface area contributed by atoms with Crippen LogP contribution in [0.4, 0.5) is 10.5 Å². The summed E-state index contributed by atoms with van der Waals surface area (Å²) in [6.07, 6.45) is 2.68. The fraction of sp³-hybridized carbons (Fsp3) is 0.417. The van der Waals surface area contributed by atoms with E-state index in [2.05, 4.69) is 12.2 Å². The lowest BCUT2D eigenvalue weighted by molar-refractivity contribution is 0.0994. The lowest BCUT2D eigenvalue weighted by atomic mass is 10.0. The molecule has 3 nitrogen and oxygen atoms in total. The molecule has 1 aliphatic heterocycles. The molecule has 1 unspecified atom stereocenters. The van der Waals surface area contributed by atoms with Gasteiger partial charge in [-0.3, -0.25) is 5.32 Å². The van der Waals surface area contributed by atoms with Crippen molar-refractivity contribution in [2.75, 3.05) is 5.32 Å². The summed E-state index contributed by atoms with van der Waals surface area (Å²) in [6.45, 7) is 2.13. The van der Waals surface area contributed by atoms with Gasteiger partial charge in [-0.25, -0.2) is 4.79 Å². The molecule has 0 radical (unpaired) electrons. The van der Waals surface area contributed by atoms with Gasteiger partial charge in [0.25, 0.3) is 0 Å². The summed E-state index contributed by atoms with van der Waals surface area (Å²) >= 11 is 0. The number of anilines is 1. The predicted molar refractivity (Wildman–Crippen MR) is 58.8 cm³/mol. The van der Waals surface area contributed by atoms with Crippen molar-refractivity contribution in [3.63, 3.8) is 0 Å². The van der Waals surface area contributed by atoms with E-state index in [0.29, 0.717) is 0 Å². The zero-order valence-corrected chi connectivity index (χ0v) is 8.82. The van der Waals surface area contributed by atoms with E-state index in [9.17, 15) is 4.79 Å². The second kappa shape index (κ2) is 4.34. The van der Waals surface area contributed by atoms with E-state index in [0.717, 1.165) is 30.5 Å². The molecular formula is C12H15NO2. The number of carbonyl (C=O) groups is 1. The van der Waals surface area contributed by atoms with Crippen molar-refractivity contribution in [3.8, 4) is 0 Å². The summed E-state index contributed by atoms with van der Waals surface area (Å²) in [7, 11) is 0. The van der Waals surface area contributed by atoms with Gasteiger partial charge in [-0.15, -0.1) is 0 Å². The molecule has 0 saturated carbocycles. The molecule has 0 saturated heterocycles. The second-order valence-corrected chi connectivity index (χ2v) is 3.75. The molecule has 0 bridgehead atoms. The number of unbranched alkanes of at least 4 members (excludes halogenated alkanes) is 1. The third-order valence-electron chi connectivity index (χ3n) is 2.61. The molecule has 1 atom stereocenters. The van der Waals surface area contributed by atoms with Crippen LogP contribution in [0, 0.1) is 0 Å². The van der Waals surface area contributed by atoms with Gasteiger partial charge in [-0.2, -0.15) is 0 Å². The third-order valence-corrected chi connectivity index (χ3v) is 2.61. The molecule has 1 aromatic carbocycles. The van der Waals surface area contributed by atoms with Crippen molar-refractivity contribution in [2.45, 2.75) is 32.3 Å². The van der Waals surface area contributed by atoms with Crippen molar-refractivity contribution in [1.82, 2.24) is 0 Å². The molecule has 2 rings (SSSR count). The molecule has 1 amide bonds. The highest BCUT2D eigenvalue weighted by molar-refractivity contribution is 5.88. The van der Waals surface area contributed by atoms with Crippen LogP contribution < -0.4 is 5.32 Å². The lowest BCUT2D eigenvalue weighted by Crippen LogP contribution is -2.24. The standard InChI is InChI=1S/C12H15NO2/c1-2-3-8-11-9-6-4-5-7-10(9)13-12(14)15-11/h4-7,11H,2-3,8H2,1H3,(H,13,14). The van der Waals surface area contributed by atoms with Crippen LogP contribution in [0.1, 0.15) is 37.9 Å². The van der Waals surface area contributed by atoms with Crippen LogP contribution in [0.15, 0.2) is 24.3 Å². The zero-order valence-electron chi connectivity index (χ0n) is 8.82. The minimum absolute atomic E-state index is 0.0742. The zero-order chi connectivity index (χ0) is 10.7. The first-order valence-electron chi connectivity index (χ1n) is 5.38. The number of ether oxygens (including phenoxy) is 1. The summed E-state index contributed by atoms with van der Waals surface area (Å²) < 4.78 is 5.26. The highest BCUT2D eigenvalue weighted by atomic mass is 16.6. The number of nitrogens with one attached hydrogen (secondary N) is 1.